The standard InChI is InChI=1S/C20H16Cl2N4O2S/c1-10-5-12(13-7-18(22)24-8-16(13)28-2)14(19(23)27)9-26(10)20-25-15-4-3-11(21)6-17(15)29-20/h3-8H,9H2,1-2H3,(H2,23,27). The van der Waals surface area contributed by atoms with E-state index in [2.05, 4.69) is 9.97 Å². The third kappa shape index (κ3) is 3.69. The van der Waals surface area contributed by atoms with Crippen LogP contribution in [-0.4, -0.2) is 29.5 Å². The predicted molar refractivity (Wildman–Crippen MR) is 118 cm³/mol. The highest BCUT2D eigenvalue weighted by Gasteiger charge is 2.27. The van der Waals surface area contributed by atoms with Crippen molar-refractivity contribution in [2.75, 3.05) is 18.6 Å². The van der Waals surface area contributed by atoms with Crippen molar-refractivity contribution in [2.24, 2.45) is 5.73 Å². The Morgan fingerprint density at radius 3 is 2.83 bits per heavy atom. The lowest BCUT2D eigenvalue weighted by Crippen LogP contribution is -2.32. The Morgan fingerprint density at radius 1 is 1.31 bits per heavy atom. The first-order valence-electron chi connectivity index (χ1n) is 8.62. The monoisotopic (exact) mass is 446 g/mol. The molecular formula is C20H16Cl2N4O2S. The molecule has 2 N–H and O–H groups in total. The first-order chi connectivity index (χ1) is 13.9. The van der Waals surface area contributed by atoms with Gasteiger partial charge in [0.2, 0.25) is 5.91 Å². The lowest BCUT2D eigenvalue weighted by molar-refractivity contribution is -0.114. The van der Waals surface area contributed by atoms with Crippen molar-refractivity contribution in [1.82, 2.24) is 9.97 Å². The first-order valence-corrected chi connectivity index (χ1v) is 10.2. The van der Waals surface area contributed by atoms with Gasteiger partial charge >= 0.3 is 0 Å². The van der Waals surface area contributed by atoms with Crippen molar-refractivity contribution in [3.8, 4) is 5.75 Å². The Kier molecular flexibility index (Phi) is 5.21. The van der Waals surface area contributed by atoms with Crippen LogP contribution in [0.4, 0.5) is 5.13 Å². The highest BCUT2D eigenvalue weighted by atomic mass is 35.5. The Labute approximate surface area is 181 Å². The van der Waals surface area contributed by atoms with Crippen LogP contribution < -0.4 is 15.4 Å². The fourth-order valence-corrected chi connectivity index (χ4v) is 4.66. The molecule has 3 heterocycles. The van der Waals surface area contributed by atoms with E-state index in [-0.39, 0.29) is 6.54 Å². The largest absolute Gasteiger partial charge is 0.494 e. The summed E-state index contributed by atoms with van der Waals surface area (Å²) < 4.78 is 6.38. The summed E-state index contributed by atoms with van der Waals surface area (Å²) in [5.41, 5.74) is 9.25. The van der Waals surface area contributed by atoms with E-state index in [1.54, 1.807) is 12.1 Å². The summed E-state index contributed by atoms with van der Waals surface area (Å²) in [5.74, 6) is -0.0110. The third-order valence-corrected chi connectivity index (χ3v) is 6.11. The zero-order chi connectivity index (χ0) is 20.7. The number of carbonyl (C=O) groups excluding carboxylic acids is 1. The molecule has 1 aromatic carbocycles. The SMILES string of the molecule is COc1cnc(Cl)cc1C1=C(C(N)=O)CN(c2nc3ccc(Cl)cc3s2)C(C)=C1. The van der Waals surface area contributed by atoms with Crippen molar-refractivity contribution < 1.29 is 9.53 Å². The second kappa shape index (κ2) is 7.67. The second-order valence-electron chi connectivity index (χ2n) is 6.44. The van der Waals surface area contributed by atoms with E-state index in [1.807, 2.05) is 30.0 Å². The van der Waals surface area contributed by atoms with Gasteiger partial charge in [-0.15, -0.1) is 0 Å². The molecule has 0 unspecified atom stereocenters. The van der Waals surface area contributed by atoms with Crippen molar-refractivity contribution in [2.45, 2.75) is 6.92 Å². The number of anilines is 1. The summed E-state index contributed by atoms with van der Waals surface area (Å²) in [5, 5.41) is 1.71. The van der Waals surface area contributed by atoms with Crippen LogP contribution in [0.3, 0.4) is 0 Å². The lowest BCUT2D eigenvalue weighted by atomic mass is 9.95. The summed E-state index contributed by atoms with van der Waals surface area (Å²) in [4.78, 5) is 23.0. The molecule has 148 valence electrons. The number of hydrogen-bond acceptors (Lipinski definition) is 6. The highest BCUT2D eigenvalue weighted by molar-refractivity contribution is 7.22. The highest BCUT2D eigenvalue weighted by Crippen LogP contribution is 2.38. The minimum absolute atomic E-state index is 0.281. The number of carbonyl (C=O) groups is 1. The second-order valence-corrected chi connectivity index (χ2v) is 8.28. The van der Waals surface area contributed by atoms with Crippen LogP contribution in [0.15, 0.2) is 47.8 Å². The number of benzene rings is 1. The van der Waals surface area contributed by atoms with Gasteiger partial charge in [0.05, 0.1) is 30.1 Å². The maximum absolute atomic E-state index is 12.3. The van der Waals surface area contributed by atoms with E-state index in [0.717, 1.165) is 21.0 Å². The van der Waals surface area contributed by atoms with Crippen LogP contribution in [0.1, 0.15) is 12.5 Å². The zero-order valence-electron chi connectivity index (χ0n) is 15.6. The number of methoxy groups -OCH3 is 1. The van der Waals surface area contributed by atoms with Gasteiger partial charge in [0, 0.05) is 21.9 Å². The number of rotatable bonds is 4. The molecule has 0 spiro atoms. The predicted octanol–water partition coefficient (Wildman–Crippen LogP) is 4.67. The number of primary amides is 1. The number of halogens is 2. The number of allylic oxidation sites excluding steroid dienone is 3. The van der Waals surface area contributed by atoms with E-state index in [1.165, 1.54) is 24.6 Å². The quantitative estimate of drug-likeness (QED) is 0.588. The van der Waals surface area contributed by atoms with E-state index in [0.29, 0.717) is 32.6 Å². The maximum Gasteiger partial charge on any atom is 0.247 e. The summed E-state index contributed by atoms with van der Waals surface area (Å²) >= 11 is 13.7. The minimum atomic E-state index is -0.520. The van der Waals surface area contributed by atoms with E-state index in [4.69, 9.17) is 33.7 Å². The molecule has 6 nitrogen and oxygen atoms in total. The average Bonchev–Trinajstić information content (AvgIpc) is 3.10. The Hall–Kier alpha value is -2.61. The molecule has 0 bridgehead atoms. The topological polar surface area (TPSA) is 81.3 Å². The number of nitrogens with zero attached hydrogens (tertiary/aromatic N) is 3. The van der Waals surface area contributed by atoms with E-state index >= 15 is 0 Å². The molecule has 1 aliphatic rings. The van der Waals surface area contributed by atoms with Gasteiger partial charge in [-0.3, -0.25) is 4.79 Å². The number of thiazole rings is 1. The third-order valence-electron chi connectivity index (χ3n) is 4.63. The molecule has 4 rings (SSSR count). The Morgan fingerprint density at radius 2 is 2.10 bits per heavy atom. The van der Waals surface area contributed by atoms with Crippen molar-refractivity contribution in [3.63, 3.8) is 0 Å². The summed E-state index contributed by atoms with van der Waals surface area (Å²) in [6.45, 7) is 2.23. The van der Waals surface area contributed by atoms with Crippen molar-refractivity contribution in [1.29, 1.82) is 0 Å². The van der Waals surface area contributed by atoms with E-state index in [9.17, 15) is 4.79 Å². The number of fused-ring (bicyclic) bond motifs is 1. The van der Waals surface area contributed by atoms with Gasteiger partial charge in [0.15, 0.2) is 5.13 Å². The Bertz CT molecular complexity index is 1200. The zero-order valence-corrected chi connectivity index (χ0v) is 17.9. The summed E-state index contributed by atoms with van der Waals surface area (Å²) in [6, 6.07) is 7.22. The molecule has 1 aliphatic heterocycles. The maximum atomic E-state index is 12.3. The van der Waals surface area contributed by atoms with Gasteiger partial charge in [-0.1, -0.05) is 34.5 Å². The molecule has 0 fully saturated rings. The summed E-state index contributed by atoms with van der Waals surface area (Å²) in [6.07, 6.45) is 3.41. The average molecular weight is 447 g/mol. The molecular weight excluding hydrogens is 431 g/mol. The van der Waals surface area contributed by atoms with Crippen LogP contribution in [-0.2, 0) is 4.79 Å². The number of hydrogen-bond donors (Lipinski definition) is 1. The molecule has 0 aliphatic carbocycles. The van der Waals surface area contributed by atoms with Crippen molar-refractivity contribution >= 4 is 61.4 Å². The van der Waals surface area contributed by atoms with Crippen LogP contribution in [0, 0.1) is 0 Å². The Balaban J connectivity index is 1.81. The molecule has 0 saturated carbocycles. The van der Waals surface area contributed by atoms with Gasteiger partial charge in [0.1, 0.15) is 10.9 Å². The number of aromatic nitrogens is 2. The number of nitrogens with two attached hydrogens (primary N) is 1. The minimum Gasteiger partial charge on any atom is -0.494 e. The normalized spacial score (nSPS) is 14.3. The smallest absolute Gasteiger partial charge is 0.247 e. The van der Waals surface area contributed by atoms with Crippen LogP contribution in [0.5, 0.6) is 5.75 Å². The number of amides is 1. The molecule has 2 aromatic heterocycles. The van der Waals surface area contributed by atoms with Gasteiger partial charge in [-0.05, 0) is 42.8 Å². The van der Waals surface area contributed by atoms with E-state index < -0.39 is 5.91 Å². The van der Waals surface area contributed by atoms with Gasteiger partial charge < -0.3 is 15.4 Å². The fourth-order valence-electron chi connectivity index (χ4n) is 3.20. The molecule has 0 atom stereocenters. The van der Waals surface area contributed by atoms with Gasteiger partial charge in [-0.2, -0.15) is 0 Å². The molecule has 1 amide bonds. The summed E-state index contributed by atoms with van der Waals surface area (Å²) in [7, 11) is 1.54. The lowest BCUT2D eigenvalue weighted by Gasteiger charge is -2.29. The molecule has 9 heteroatoms. The molecule has 0 radical (unpaired) electrons. The van der Waals surface area contributed by atoms with Gasteiger partial charge in [-0.25, -0.2) is 9.97 Å². The molecule has 0 saturated heterocycles. The molecule has 3 aromatic rings. The molecule has 29 heavy (non-hydrogen) atoms. The van der Waals surface area contributed by atoms with Crippen LogP contribution in [0.25, 0.3) is 15.8 Å². The van der Waals surface area contributed by atoms with Crippen molar-refractivity contribution in [3.05, 3.63) is 63.5 Å². The van der Waals surface area contributed by atoms with Crippen LogP contribution >= 0.6 is 34.5 Å². The van der Waals surface area contributed by atoms with Gasteiger partial charge in [0.25, 0.3) is 0 Å². The number of ether oxygens (including phenoxy) is 1. The first kappa shape index (κ1) is 19.7. The number of pyridine rings is 1. The van der Waals surface area contributed by atoms with Crippen LogP contribution in [0.2, 0.25) is 10.2 Å². The fraction of sp³-hybridized carbons (Fsp3) is 0.150.